The maximum absolute atomic E-state index is 12.6. The Hall–Kier alpha value is -1.39. The molecule has 1 aliphatic heterocycles. The highest BCUT2D eigenvalue weighted by molar-refractivity contribution is 7.85. The average molecular weight is 380 g/mol. The molecular formula is C15H28N2O7S. The number of nitrogens with one attached hydrogen (secondary N) is 1. The van der Waals surface area contributed by atoms with Gasteiger partial charge in [-0.15, -0.1) is 0 Å². The van der Waals surface area contributed by atoms with E-state index in [9.17, 15) is 18.0 Å². The Labute approximate surface area is 149 Å². The van der Waals surface area contributed by atoms with Gasteiger partial charge >= 0.3 is 6.09 Å². The first-order chi connectivity index (χ1) is 11.1. The van der Waals surface area contributed by atoms with Gasteiger partial charge in [-0.05, 0) is 34.6 Å². The lowest BCUT2D eigenvalue weighted by Crippen LogP contribution is -2.54. The molecule has 0 radical (unpaired) electrons. The second-order valence-corrected chi connectivity index (χ2v) is 9.09. The second kappa shape index (κ2) is 7.46. The van der Waals surface area contributed by atoms with Crippen LogP contribution in [0.15, 0.2) is 0 Å². The van der Waals surface area contributed by atoms with E-state index >= 15 is 0 Å². The zero-order valence-corrected chi connectivity index (χ0v) is 16.6. The summed E-state index contributed by atoms with van der Waals surface area (Å²) < 4.78 is 38.6. The van der Waals surface area contributed by atoms with Gasteiger partial charge in [0, 0.05) is 13.5 Å². The Balaban J connectivity index is 3.06. The smallest absolute Gasteiger partial charge is 0.412 e. The Kier molecular flexibility index (Phi) is 6.47. The van der Waals surface area contributed by atoms with E-state index in [-0.39, 0.29) is 19.1 Å². The first-order valence-electron chi connectivity index (χ1n) is 7.91. The average Bonchev–Trinajstić information content (AvgIpc) is 2.61. The largest absolute Gasteiger partial charge is 0.444 e. The number of hydrogen-bond acceptors (Lipinski definition) is 7. The van der Waals surface area contributed by atoms with Crippen LogP contribution in [0.3, 0.4) is 0 Å². The number of rotatable bonds is 5. The summed E-state index contributed by atoms with van der Waals surface area (Å²) >= 11 is 0. The molecule has 0 aromatic rings. The zero-order chi connectivity index (χ0) is 19.6. The van der Waals surface area contributed by atoms with Crippen LogP contribution in [0.5, 0.6) is 0 Å². The van der Waals surface area contributed by atoms with Gasteiger partial charge in [-0.25, -0.2) is 4.79 Å². The minimum Gasteiger partial charge on any atom is -0.444 e. The van der Waals surface area contributed by atoms with Crippen molar-refractivity contribution < 1.29 is 31.7 Å². The lowest BCUT2D eigenvalue weighted by Gasteiger charge is -2.35. The van der Waals surface area contributed by atoms with Crippen LogP contribution < -0.4 is 5.32 Å². The van der Waals surface area contributed by atoms with Crippen LogP contribution in [-0.2, 0) is 28.6 Å². The topological polar surface area (TPSA) is 111 Å². The quantitative estimate of drug-likeness (QED) is 0.704. The van der Waals surface area contributed by atoms with Crippen molar-refractivity contribution in [2.24, 2.45) is 0 Å². The van der Waals surface area contributed by atoms with Crippen LogP contribution >= 0.6 is 0 Å². The maximum Gasteiger partial charge on any atom is 0.412 e. The molecule has 0 saturated carbocycles. The monoisotopic (exact) mass is 380 g/mol. The normalized spacial score (nSPS) is 23.4. The molecule has 10 heteroatoms. The standard InChI is InChI=1S/C15H28N2O7S/c1-10(18)16-8-11-12(9-22-25(7,20)21)23-15(5,6)17(11)13(19)24-14(2,3)4/h11-12H,8-9H2,1-7H3,(H,16,18)/t11-,12-/m1/s1. The first-order valence-corrected chi connectivity index (χ1v) is 9.73. The SMILES string of the molecule is CC(=O)NC[C@@H]1[C@@H](COS(C)(=O)=O)OC(C)(C)N1C(=O)OC(C)(C)C. The maximum atomic E-state index is 12.6. The highest BCUT2D eigenvalue weighted by atomic mass is 32.2. The molecule has 0 bridgehead atoms. The molecule has 9 nitrogen and oxygen atoms in total. The number of nitrogens with zero attached hydrogens (tertiary/aromatic N) is 1. The Bertz CT molecular complexity index is 610. The highest BCUT2D eigenvalue weighted by Crippen LogP contribution is 2.33. The molecule has 0 aliphatic carbocycles. The van der Waals surface area contributed by atoms with Crippen molar-refractivity contribution in [3.63, 3.8) is 0 Å². The third kappa shape index (κ3) is 6.79. The van der Waals surface area contributed by atoms with Gasteiger partial charge in [0.15, 0.2) is 0 Å². The molecule has 1 aliphatic rings. The molecule has 1 fully saturated rings. The van der Waals surface area contributed by atoms with Gasteiger partial charge < -0.3 is 14.8 Å². The number of amides is 2. The van der Waals surface area contributed by atoms with Gasteiger partial charge in [-0.1, -0.05) is 0 Å². The van der Waals surface area contributed by atoms with Crippen molar-refractivity contribution in [2.75, 3.05) is 19.4 Å². The summed E-state index contributed by atoms with van der Waals surface area (Å²) in [4.78, 5) is 25.3. The minimum atomic E-state index is -3.67. The summed E-state index contributed by atoms with van der Waals surface area (Å²) in [7, 11) is -3.67. The molecule has 146 valence electrons. The van der Waals surface area contributed by atoms with E-state index in [4.69, 9.17) is 13.7 Å². The van der Waals surface area contributed by atoms with Gasteiger partial charge in [-0.2, -0.15) is 8.42 Å². The summed E-state index contributed by atoms with van der Waals surface area (Å²) in [6.07, 6.45) is -0.430. The highest BCUT2D eigenvalue weighted by Gasteiger charge is 2.51. The first kappa shape index (κ1) is 21.7. The lowest BCUT2D eigenvalue weighted by atomic mass is 10.1. The van der Waals surface area contributed by atoms with E-state index in [0.29, 0.717) is 0 Å². The molecule has 2 amide bonds. The molecule has 1 heterocycles. The van der Waals surface area contributed by atoms with Crippen molar-refractivity contribution >= 4 is 22.1 Å². The van der Waals surface area contributed by atoms with Crippen LogP contribution in [0.2, 0.25) is 0 Å². The van der Waals surface area contributed by atoms with Crippen molar-refractivity contribution in [3.05, 3.63) is 0 Å². The molecule has 25 heavy (non-hydrogen) atoms. The van der Waals surface area contributed by atoms with E-state index in [2.05, 4.69) is 5.32 Å². The van der Waals surface area contributed by atoms with Crippen LogP contribution in [-0.4, -0.2) is 68.2 Å². The fourth-order valence-corrected chi connectivity index (χ4v) is 2.93. The van der Waals surface area contributed by atoms with Gasteiger partial charge in [0.2, 0.25) is 5.91 Å². The van der Waals surface area contributed by atoms with E-state index in [0.717, 1.165) is 6.26 Å². The van der Waals surface area contributed by atoms with E-state index < -0.39 is 39.7 Å². The number of ether oxygens (including phenoxy) is 2. The van der Waals surface area contributed by atoms with Crippen LogP contribution in [0.1, 0.15) is 41.5 Å². The minimum absolute atomic E-state index is 0.0792. The molecule has 0 spiro atoms. The predicted octanol–water partition coefficient (Wildman–Crippen LogP) is 0.839. The van der Waals surface area contributed by atoms with E-state index in [1.807, 2.05) is 0 Å². The lowest BCUT2D eigenvalue weighted by molar-refractivity contribution is -0.119. The fourth-order valence-electron chi connectivity index (χ4n) is 2.54. The van der Waals surface area contributed by atoms with Crippen molar-refractivity contribution in [2.45, 2.75) is 65.0 Å². The fraction of sp³-hybridized carbons (Fsp3) is 0.867. The zero-order valence-electron chi connectivity index (χ0n) is 15.8. The third-order valence-corrected chi connectivity index (χ3v) is 3.94. The number of hydrogen-bond donors (Lipinski definition) is 1. The molecule has 1 saturated heterocycles. The van der Waals surface area contributed by atoms with Gasteiger partial charge in [0.05, 0.1) is 18.9 Å². The van der Waals surface area contributed by atoms with Gasteiger partial charge in [0.25, 0.3) is 10.1 Å². The summed E-state index contributed by atoms with van der Waals surface area (Å²) in [5, 5.41) is 2.63. The van der Waals surface area contributed by atoms with Crippen molar-refractivity contribution in [1.29, 1.82) is 0 Å². The van der Waals surface area contributed by atoms with Crippen molar-refractivity contribution in [1.82, 2.24) is 10.2 Å². The molecule has 0 unspecified atom stereocenters. The molecular weight excluding hydrogens is 352 g/mol. The molecule has 0 aromatic heterocycles. The Morgan fingerprint density at radius 2 is 1.84 bits per heavy atom. The number of carbonyl (C=O) groups is 2. The van der Waals surface area contributed by atoms with Crippen LogP contribution in [0.4, 0.5) is 4.79 Å². The number of carbonyl (C=O) groups excluding carboxylic acids is 2. The van der Waals surface area contributed by atoms with E-state index in [1.54, 1.807) is 34.6 Å². The summed E-state index contributed by atoms with van der Waals surface area (Å²) in [5.74, 6) is -0.281. The van der Waals surface area contributed by atoms with Crippen molar-refractivity contribution in [3.8, 4) is 0 Å². The summed E-state index contributed by atoms with van der Waals surface area (Å²) in [6.45, 7) is 9.70. The molecule has 1 rings (SSSR count). The van der Waals surface area contributed by atoms with Gasteiger partial charge in [-0.3, -0.25) is 13.9 Å². The third-order valence-electron chi connectivity index (χ3n) is 3.38. The summed E-state index contributed by atoms with van der Waals surface area (Å²) in [6, 6.07) is -0.643. The van der Waals surface area contributed by atoms with Gasteiger partial charge in [0.1, 0.15) is 17.4 Å². The van der Waals surface area contributed by atoms with Crippen LogP contribution in [0.25, 0.3) is 0 Å². The predicted molar refractivity (Wildman–Crippen MR) is 90.3 cm³/mol. The van der Waals surface area contributed by atoms with E-state index in [1.165, 1.54) is 11.8 Å². The Morgan fingerprint density at radius 3 is 2.28 bits per heavy atom. The van der Waals surface area contributed by atoms with Crippen LogP contribution in [0, 0.1) is 0 Å². The Morgan fingerprint density at radius 1 is 1.28 bits per heavy atom. The second-order valence-electron chi connectivity index (χ2n) is 7.45. The molecule has 0 aromatic carbocycles. The molecule has 1 N–H and O–H groups in total. The molecule has 2 atom stereocenters. The summed E-state index contributed by atoms with van der Waals surface area (Å²) in [5.41, 5.74) is -1.77.